The first kappa shape index (κ1) is 15.7. The fourth-order valence-corrected chi connectivity index (χ4v) is 2.11. The summed E-state index contributed by atoms with van der Waals surface area (Å²) in [6.45, 7) is 6.60. The lowest BCUT2D eigenvalue weighted by atomic mass is 10.2. The molecule has 9 nitrogen and oxygen atoms in total. The lowest BCUT2D eigenvalue weighted by Gasteiger charge is -2.12. The van der Waals surface area contributed by atoms with Crippen molar-refractivity contribution in [1.29, 1.82) is 0 Å². The Morgan fingerprint density at radius 1 is 1.45 bits per heavy atom. The number of nitrogens with zero attached hydrogens (tertiary/aromatic N) is 5. The maximum atomic E-state index is 12.4. The molecular weight excluding hydrogens is 288 g/mol. The van der Waals surface area contributed by atoms with Crippen LogP contribution in [-0.4, -0.2) is 30.4 Å². The fourth-order valence-electron chi connectivity index (χ4n) is 2.11. The second-order valence-corrected chi connectivity index (χ2v) is 4.74. The summed E-state index contributed by atoms with van der Waals surface area (Å²) >= 11 is 0. The zero-order valence-corrected chi connectivity index (χ0v) is 12.7. The van der Waals surface area contributed by atoms with Gasteiger partial charge in [-0.05, 0) is 26.8 Å². The molecule has 9 heteroatoms. The SMILES string of the molecule is CCn1ccc(C(C)NC(=O)c2c([N+](=O)[O-])cnn2CC)n1. The van der Waals surface area contributed by atoms with Crippen molar-refractivity contribution in [2.75, 3.05) is 0 Å². The second-order valence-electron chi connectivity index (χ2n) is 4.74. The Balaban J connectivity index is 2.21. The van der Waals surface area contributed by atoms with Gasteiger partial charge in [-0.15, -0.1) is 0 Å². The molecule has 0 spiro atoms. The molecule has 118 valence electrons. The highest BCUT2D eigenvalue weighted by Gasteiger charge is 2.27. The van der Waals surface area contributed by atoms with E-state index in [4.69, 9.17) is 0 Å². The van der Waals surface area contributed by atoms with Crippen molar-refractivity contribution in [1.82, 2.24) is 24.9 Å². The molecule has 0 aliphatic rings. The third-order valence-corrected chi connectivity index (χ3v) is 3.31. The highest BCUT2D eigenvalue weighted by Crippen LogP contribution is 2.19. The average molecular weight is 306 g/mol. The standard InChI is InChI=1S/C13H18N6O3/c1-4-17-7-6-10(16-17)9(3)15-13(20)12-11(19(21)22)8-14-18(12)5-2/h6-9H,4-5H2,1-3H3,(H,15,20). The summed E-state index contributed by atoms with van der Waals surface area (Å²) < 4.78 is 3.06. The van der Waals surface area contributed by atoms with Gasteiger partial charge >= 0.3 is 5.69 Å². The topological polar surface area (TPSA) is 108 Å². The van der Waals surface area contributed by atoms with Crippen LogP contribution < -0.4 is 5.32 Å². The molecule has 0 radical (unpaired) electrons. The van der Waals surface area contributed by atoms with E-state index in [-0.39, 0.29) is 17.4 Å². The van der Waals surface area contributed by atoms with E-state index in [1.54, 1.807) is 24.6 Å². The molecule has 0 aliphatic heterocycles. The largest absolute Gasteiger partial charge is 0.342 e. The molecule has 2 aromatic heterocycles. The summed E-state index contributed by atoms with van der Waals surface area (Å²) in [6, 6.07) is 1.44. The van der Waals surface area contributed by atoms with Crippen LogP contribution in [0.1, 0.15) is 43.0 Å². The smallest absolute Gasteiger partial charge is 0.320 e. The highest BCUT2D eigenvalue weighted by atomic mass is 16.6. The minimum atomic E-state index is -0.607. The number of nitro groups is 1. The van der Waals surface area contributed by atoms with Gasteiger partial charge in [-0.1, -0.05) is 0 Å². The van der Waals surface area contributed by atoms with E-state index in [9.17, 15) is 14.9 Å². The van der Waals surface area contributed by atoms with Crippen molar-refractivity contribution in [2.24, 2.45) is 0 Å². The van der Waals surface area contributed by atoms with Gasteiger partial charge in [0.2, 0.25) is 5.69 Å². The van der Waals surface area contributed by atoms with Crippen LogP contribution in [0.25, 0.3) is 0 Å². The zero-order chi connectivity index (χ0) is 16.3. The first-order valence-electron chi connectivity index (χ1n) is 7.02. The molecule has 1 amide bonds. The number of carbonyl (C=O) groups excluding carboxylic acids is 1. The molecule has 1 unspecified atom stereocenters. The molecule has 0 saturated carbocycles. The van der Waals surface area contributed by atoms with Crippen molar-refractivity contribution in [3.8, 4) is 0 Å². The summed E-state index contributed by atoms with van der Waals surface area (Å²) in [5.41, 5.74) is 0.348. The van der Waals surface area contributed by atoms with Gasteiger partial charge in [-0.2, -0.15) is 10.2 Å². The van der Waals surface area contributed by atoms with Crippen LogP contribution in [0.15, 0.2) is 18.5 Å². The summed E-state index contributed by atoms with van der Waals surface area (Å²) in [6.07, 6.45) is 2.91. The number of aryl methyl sites for hydroxylation is 2. The van der Waals surface area contributed by atoms with Crippen LogP contribution in [0.5, 0.6) is 0 Å². The molecule has 0 aliphatic carbocycles. The first-order chi connectivity index (χ1) is 10.5. The Hall–Kier alpha value is -2.71. The minimum Gasteiger partial charge on any atom is -0.342 e. The monoisotopic (exact) mass is 306 g/mol. The van der Waals surface area contributed by atoms with E-state index < -0.39 is 10.8 Å². The maximum Gasteiger partial charge on any atom is 0.320 e. The predicted molar refractivity (Wildman–Crippen MR) is 78.3 cm³/mol. The maximum absolute atomic E-state index is 12.4. The molecule has 0 aromatic carbocycles. The van der Waals surface area contributed by atoms with E-state index in [0.29, 0.717) is 12.2 Å². The van der Waals surface area contributed by atoms with Gasteiger partial charge < -0.3 is 5.32 Å². The van der Waals surface area contributed by atoms with Gasteiger partial charge in [0.25, 0.3) is 5.91 Å². The van der Waals surface area contributed by atoms with Crippen LogP contribution in [0.4, 0.5) is 5.69 Å². The zero-order valence-electron chi connectivity index (χ0n) is 12.7. The normalized spacial score (nSPS) is 12.1. The minimum absolute atomic E-state index is 0.0470. The quantitative estimate of drug-likeness (QED) is 0.643. The molecule has 0 bridgehead atoms. The summed E-state index contributed by atoms with van der Waals surface area (Å²) in [4.78, 5) is 22.8. The summed E-state index contributed by atoms with van der Waals surface area (Å²) in [5.74, 6) is -0.537. The third-order valence-electron chi connectivity index (χ3n) is 3.31. The molecular formula is C13H18N6O3. The van der Waals surface area contributed by atoms with Crippen molar-refractivity contribution in [2.45, 2.75) is 39.9 Å². The van der Waals surface area contributed by atoms with Gasteiger partial charge in [0.1, 0.15) is 6.20 Å². The number of rotatable bonds is 6. The van der Waals surface area contributed by atoms with E-state index in [2.05, 4.69) is 15.5 Å². The molecule has 2 heterocycles. The van der Waals surface area contributed by atoms with E-state index >= 15 is 0 Å². The number of hydrogen-bond acceptors (Lipinski definition) is 5. The Kier molecular flexibility index (Phi) is 4.54. The molecule has 22 heavy (non-hydrogen) atoms. The van der Waals surface area contributed by atoms with Gasteiger partial charge in [-0.25, -0.2) is 0 Å². The average Bonchev–Trinajstić information content (AvgIpc) is 3.13. The van der Waals surface area contributed by atoms with E-state index in [1.807, 2.05) is 13.1 Å². The van der Waals surface area contributed by atoms with Crippen LogP contribution in [0.3, 0.4) is 0 Å². The molecule has 1 N–H and O–H groups in total. The fraction of sp³-hybridized carbons (Fsp3) is 0.462. The lowest BCUT2D eigenvalue weighted by Crippen LogP contribution is -2.29. The van der Waals surface area contributed by atoms with E-state index in [0.717, 1.165) is 12.7 Å². The van der Waals surface area contributed by atoms with Crippen LogP contribution in [-0.2, 0) is 13.1 Å². The molecule has 0 fully saturated rings. The Morgan fingerprint density at radius 3 is 2.73 bits per heavy atom. The van der Waals surface area contributed by atoms with Crippen LogP contribution >= 0.6 is 0 Å². The highest BCUT2D eigenvalue weighted by molar-refractivity contribution is 5.96. The number of hydrogen-bond donors (Lipinski definition) is 1. The molecule has 1 atom stereocenters. The van der Waals surface area contributed by atoms with Gasteiger partial charge in [0, 0.05) is 19.3 Å². The second kappa shape index (κ2) is 6.37. The van der Waals surface area contributed by atoms with Gasteiger partial charge in [0.15, 0.2) is 0 Å². The summed E-state index contributed by atoms with van der Waals surface area (Å²) in [5, 5.41) is 21.9. The number of aromatic nitrogens is 4. The molecule has 2 aromatic rings. The Bertz CT molecular complexity index is 690. The van der Waals surface area contributed by atoms with Crippen molar-refractivity contribution < 1.29 is 9.72 Å². The Labute approximate surface area is 127 Å². The van der Waals surface area contributed by atoms with Crippen molar-refractivity contribution in [3.63, 3.8) is 0 Å². The van der Waals surface area contributed by atoms with Crippen molar-refractivity contribution >= 4 is 11.6 Å². The molecule has 0 saturated heterocycles. The van der Waals surface area contributed by atoms with Gasteiger partial charge in [0.05, 0.1) is 16.7 Å². The lowest BCUT2D eigenvalue weighted by molar-refractivity contribution is -0.385. The number of nitrogens with one attached hydrogen (secondary N) is 1. The number of amides is 1. The number of carbonyl (C=O) groups is 1. The van der Waals surface area contributed by atoms with Crippen LogP contribution in [0.2, 0.25) is 0 Å². The first-order valence-corrected chi connectivity index (χ1v) is 7.02. The summed E-state index contributed by atoms with van der Waals surface area (Å²) in [7, 11) is 0. The van der Waals surface area contributed by atoms with Crippen LogP contribution in [0, 0.1) is 10.1 Å². The third kappa shape index (κ3) is 2.97. The predicted octanol–water partition coefficient (Wildman–Crippen LogP) is 1.52. The van der Waals surface area contributed by atoms with Gasteiger partial charge in [-0.3, -0.25) is 24.3 Å². The van der Waals surface area contributed by atoms with Crippen molar-refractivity contribution in [3.05, 3.63) is 40.0 Å². The molecule has 2 rings (SSSR count). The van der Waals surface area contributed by atoms with E-state index in [1.165, 1.54) is 4.68 Å². The Morgan fingerprint density at radius 2 is 2.18 bits per heavy atom.